The largest absolute Gasteiger partial charge is 0.478 e. The average Bonchev–Trinajstić information content (AvgIpc) is 3.02. The van der Waals surface area contributed by atoms with Crippen molar-refractivity contribution >= 4 is 35.8 Å². The molecule has 0 aliphatic heterocycles. The number of carbonyl (C=O) groups is 6. The first-order valence-electron chi connectivity index (χ1n) is 12.3. The first-order valence-corrected chi connectivity index (χ1v) is 12.3. The van der Waals surface area contributed by atoms with E-state index in [0.717, 1.165) is 18.2 Å². The Bertz CT molecular complexity index is 885. The normalized spacial score (nSPS) is 9.13. The first-order chi connectivity index (χ1) is 21.4. The van der Waals surface area contributed by atoms with Crippen LogP contribution >= 0.6 is 0 Å². The van der Waals surface area contributed by atoms with Crippen LogP contribution < -0.4 is 0 Å². The van der Waals surface area contributed by atoms with Gasteiger partial charge in [-0.25, -0.2) is 28.8 Å². The van der Waals surface area contributed by atoms with Crippen molar-refractivity contribution in [3.8, 4) is 0 Å². The number of ether oxygens (including phenoxy) is 1. The maximum atomic E-state index is 10.6. The van der Waals surface area contributed by atoms with E-state index in [2.05, 4.69) is 44.2 Å². The Labute approximate surface area is 272 Å². The van der Waals surface area contributed by atoms with Crippen molar-refractivity contribution in [1.82, 2.24) is 0 Å². The Balaban J connectivity index is -0.0000000814. The summed E-state index contributed by atoms with van der Waals surface area (Å²) in [5, 5.41) is 89.6. The zero-order valence-electron chi connectivity index (χ0n) is 26.6. The standard InChI is InChI=1S/C7H12O4.C5H12O4.2C4H6O2.3C3H4O2/c1-5(2)7(10)11-4-6(9)3-8;6-1-5(2-7,3-8)4-9;2*1-3(2)4(5)6;3*1-2-3(4)5/h6,8-9H,1,3-4H2,2H3;6-9H,1-4H2;2*1H2,2H3,(H,5,6);3*2H,1H2,(H,4,5). The number of aliphatic hydroxyl groups excluding tert-OH is 6. The molecule has 0 aromatic rings. The quantitative estimate of drug-likeness (QED) is 0.0857. The SMILES string of the molecule is C=C(C)C(=O)O.C=C(C)C(=O)O.C=C(C)C(=O)OCC(O)CO.C=CC(=O)O.C=CC(=O)O.C=CC(=O)O.OCC(CO)(CO)CO. The third kappa shape index (κ3) is 60.9. The third-order valence-corrected chi connectivity index (χ3v) is 3.56. The van der Waals surface area contributed by atoms with Gasteiger partial charge in [0.15, 0.2) is 0 Å². The van der Waals surface area contributed by atoms with Crippen molar-refractivity contribution in [2.75, 3.05) is 39.6 Å². The molecule has 0 bridgehead atoms. The molecular weight excluding hydrogens is 636 g/mol. The van der Waals surface area contributed by atoms with E-state index in [1.165, 1.54) is 20.8 Å². The zero-order valence-corrected chi connectivity index (χ0v) is 26.6. The molecule has 0 aliphatic rings. The van der Waals surface area contributed by atoms with Gasteiger partial charge in [-0.15, -0.1) is 0 Å². The van der Waals surface area contributed by atoms with Crippen LogP contribution in [0.1, 0.15) is 20.8 Å². The molecule has 1 unspecified atom stereocenters. The van der Waals surface area contributed by atoms with Crippen LogP contribution in [-0.4, -0.2) is 138 Å². The second kappa shape index (κ2) is 39.0. The van der Waals surface area contributed by atoms with Crippen LogP contribution in [-0.2, 0) is 33.5 Å². The van der Waals surface area contributed by atoms with E-state index in [1.54, 1.807) is 0 Å². The number of carboxylic acid groups (broad SMARTS) is 5. The first kappa shape index (κ1) is 57.7. The monoisotopic (exact) mass is 684 g/mol. The molecule has 18 nitrogen and oxygen atoms in total. The number of aliphatic carboxylic acids is 5. The van der Waals surface area contributed by atoms with Gasteiger partial charge in [-0.05, 0) is 20.8 Å². The lowest BCUT2D eigenvalue weighted by Crippen LogP contribution is -2.37. The maximum Gasteiger partial charge on any atom is 0.333 e. The van der Waals surface area contributed by atoms with E-state index in [0.29, 0.717) is 0 Å². The molecule has 1 atom stereocenters. The van der Waals surface area contributed by atoms with E-state index in [4.69, 9.17) is 56.2 Å². The van der Waals surface area contributed by atoms with Crippen molar-refractivity contribution in [3.05, 3.63) is 74.4 Å². The predicted molar refractivity (Wildman–Crippen MR) is 168 cm³/mol. The van der Waals surface area contributed by atoms with Gasteiger partial charge in [0.25, 0.3) is 0 Å². The number of carbonyl (C=O) groups excluding carboxylic acids is 1. The Morgan fingerprint density at radius 1 is 0.596 bits per heavy atom. The second-order valence-electron chi connectivity index (χ2n) is 8.15. The highest BCUT2D eigenvalue weighted by molar-refractivity contribution is 5.87. The van der Waals surface area contributed by atoms with Gasteiger partial charge in [0.05, 0.1) is 38.4 Å². The van der Waals surface area contributed by atoms with Crippen molar-refractivity contribution < 1.29 is 89.7 Å². The van der Waals surface area contributed by atoms with Gasteiger partial charge < -0.3 is 60.9 Å². The highest BCUT2D eigenvalue weighted by atomic mass is 16.5. The molecule has 0 radical (unpaired) electrons. The number of carboxylic acids is 5. The minimum atomic E-state index is -1.11. The fourth-order valence-electron chi connectivity index (χ4n) is 0.648. The van der Waals surface area contributed by atoms with E-state index in [1.807, 2.05) is 0 Å². The van der Waals surface area contributed by atoms with Crippen LogP contribution in [0, 0.1) is 5.41 Å². The molecule has 47 heavy (non-hydrogen) atoms. The highest BCUT2D eigenvalue weighted by Crippen LogP contribution is 2.11. The molecule has 18 heteroatoms. The van der Waals surface area contributed by atoms with E-state index < -0.39 is 80.4 Å². The van der Waals surface area contributed by atoms with Gasteiger partial charge in [0.1, 0.15) is 12.7 Å². The Morgan fingerprint density at radius 2 is 0.809 bits per heavy atom. The van der Waals surface area contributed by atoms with Gasteiger partial charge in [-0.1, -0.05) is 39.5 Å². The van der Waals surface area contributed by atoms with Crippen LogP contribution in [0.5, 0.6) is 0 Å². The molecule has 272 valence electrons. The molecular formula is C29H48O18. The zero-order chi connectivity index (χ0) is 39.3. The summed E-state index contributed by atoms with van der Waals surface area (Å²) in [6, 6.07) is 0. The van der Waals surface area contributed by atoms with Gasteiger partial charge >= 0.3 is 35.8 Å². The summed E-state index contributed by atoms with van der Waals surface area (Å²) in [6.07, 6.45) is 1.50. The number of esters is 1. The predicted octanol–water partition coefficient (Wildman–Crippen LogP) is -0.534. The minimum Gasteiger partial charge on any atom is -0.478 e. The van der Waals surface area contributed by atoms with Crippen LogP contribution in [0.3, 0.4) is 0 Å². The highest BCUT2D eigenvalue weighted by Gasteiger charge is 2.26. The maximum absolute atomic E-state index is 10.6. The molecule has 0 rings (SSSR count). The summed E-state index contributed by atoms with van der Waals surface area (Å²) in [6.45, 7) is 20.7. The minimum absolute atomic E-state index is 0.176. The van der Waals surface area contributed by atoms with Crippen molar-refractivity contribution in [3.63, 3.8) is 0 Å². The van der Waals surface area contributed by atoms with Gasteiger partial charge in [-0.3, -0.25) is 0 Å². The van der Waals surface area contributed by atoms with Crippen LogP contribution in [0.4, 0.5) is 0 Å². The molecule has 0 aromatic carbocycles. The molecule has 0 aliphatic carbocycles. The lowest BCUT2D eigenvalue weighted by atomic mass is 9.93. The van der Waals surface area contributed by atoms with Crippen LogP contribution in [0.2, 0.25) is 0 Å². The van der Waals surface area contributed by atoms with Crippen molar-refractivity contribution in [2.45, 2.75) is 26.9 Å². The molecule has 0 amide bonds. The molecule has 0 aromatic heterocycles. The fourth-order valence-corrected chi connectivity index (χ4v) is 0.648. The van der Waals surface area contributed by atoms with Gasteiger partial charge in [0.2, 0.25) is 0 Å². The Morgan fingerprint density at radius 3 is 0.894 bits per heavy atom. The second-order valence-corrected chi connectivity index (χ2v) is 8.15. The Hall–Kier alpha value is -4.98. The molecule has 0 spiro atoms. The summed E-state index contributed by atoms with van der Waals surface area (Å²) in [5.74, 6) is -5.37. The van der Waals surface area contributed by atoms with E-state index >= 15 is 0 Å². The van der Waals surface area contributed by atoms with E-state index in [-0.39, 0.29) is 23.3 Å². The fraction of sp³-hybridized carbons (Fsp3) is 0.379. The number of hydrogen-bond acceptors (Lipinski definition) is 13. The smallest absolute Gasteiger partial charge is 0.333 e. The number of rotatable bonds is 13. The summed E-state index contributed by atoms with van der Waals surface area (Å²) < 4.78 is 4.51. The summed E-state index contributed by atoms with van der Waals surface area (Å²) in [4.78, 5) is 57.6. The third-order valence-electron chi connectivity index (χ3n) is 3.56. The Kier molecular flexibility index (Phi) is 47.9. The lowest BCUT2D eigenvalue weighted by molar-refractivity contribution is -0.142. The lowest BCUT2D eigenvalue weighted by Gasteiger charge is -2.23. The van der Waals surface area contributed by atoms with Crippen molar-refractivity contribution in [2.24, 2.45) is 5.41 Å². The van der Waals surface area contributed by atoms with Crippen molar-refractivity contribution in [1.29, 1.82) is 0 Å². The van der Waals surface area contributed by atoms with E-state index in [9.17, 15) is 28.8 Å². The number of aliphatic hydroxyl groups is 6. The molecule has 0 saturated heterocycles. The van der Waals surface area contributed by atoms with Gasteiger partial charge in [-0.2, -0.15) is 0 Å². The average molecular weight is 685 g/mol. The summed E-state index contributed by atoms with van der Waals surface area (Å²) in [7, 11) is 0. The topological polar surface area (TPSA) is 334 Å². The van der Waals surface area contributed by atoms with Gasteiger partial charge in [0, 0.05) is 34.9 Å². The van der Waals surface area contributed by atoms with Crippen LogP contribution in [0.25, 0.3) is 0 Å². The molecule has 11 N–H and O–H groups in total. The number of hydrogen-bond donors (Lipinski definition) is 11. The molecule has 0 fully saturated rings. The summed E-state index contributed by atoms with van der Waals surface area (Å²) >= 11 is 0. The van der Waals surface area contributed by atoms with Crippen LogP contribution in [0.15, 0.2) is 74.4 Å². The molecule has 0 saturated carbocycles. The molecule has 0 heterocycles. The summed E-state index contributed by atoms with van der Waals surface area (Å²) in [5.41, 5.74) is -0.486.